The highest BCUT2D eigenvalue weighted by Crippen LogP contribution is 2.34. The lowest BCUT2D eigenvalue weighted by Crippen LogP contribution is -2.12. The van der Waals surface area contributed by atoms with Crippen LogP contribution in [0.1, 0.15) is 10.4 Å². The fraction of sp³-hybridized carbons (Fsp3) is 0.133. The molecule has 22 heavy (non-hydrogen) atoms. The summed E-state index contributed by atoms with van der Waals surface area (Å²) in [6, 6.07) is 10.9. The molecule has 1 aliphatic heterocycles. The molecule has 2 aromatic rings. The number of anilines is 1. The maximum absolute atomic E-state index is 12.2. The average Bonchev–Trinajstić information content (AvgIpc) is 2.94. The van der Waals surface area contributed by atoms with E-state index in [9.17, 15) is 13.2 Å². The van der Waals surface area contributed by atoms with Gasteiger partial charge in [0.2, 0.25) is 6.79 Å². The number of hydrogen-bond donors (Lipinski definition) is 1. The van der Waals surface area contributed by atoms with Crippen molar-refractivity contribution < 1.29 is 22.7 Å². The lowest BCUT2D eigenvalue weighted by atomic mass is 10.2. The molecular weight excluding hydrogens is 306 g/mol. The second-order valence-electron chi connectivity index (χ2n) is 4.82. The Balaban J connectivity index is 1.83. The highest BCUT2D eigenvalue weighted by molar-refractivity contribution is 7.90. The van der Waals surface area contributed by atoms with Gasteiger partial charge < -0.3 is 14.8 Å². The Labute approximate surface area is 127 Å². The van der Waals surface area contributed by atoms with Crippen LogP contribution in [0.5, 0.6) is 11.5 Å². The number of benzene rings is 2. The Kier molecular flexibility index (Phi) is 3.50. The normalized spacial score (nSPS) is 13.0. The predicted octanol–water partition coefficient (Wildman–Crippen LogP) is 2.07. The Morgan fingerprint density at radius 1 is 1.09 bits per heavy atom. The van der Waals surface area contributed by atoms with Crippen molar-refractivity contribution in [2.75, 3.05) is 18.4 Å². The van der Waals surface area contributed by atoms with Crippen LogP contribution >= 0.6 is 0 Å². The van der Waals surface area contributed by atoms with Crippen LogP contribution in [0.2, 0.25) is 0 Å². The first-order valence-corrected chi connectivity index (χ1v) is 8.34. The van der Waals surface area contributed by atoms with Crippen molar-refractivity contribution in [3.63, 3.8) is 0 Å². The van der Waals surface area contributed by atoms with Crippen molar-refractivity contribution in [2.24, 2.45) is 0 Å². The second-order valence-corrected chi connectivity index (χ2v) is 6.84. The molecule has 0 atom stereocenters. The molecule has 2 aromatic carbocycles. The molecule has 0 saturated carbocycles. The molecule has 7 heteroatoms. The number of ether oxygens (including phenoxy) is 2. The van der Waals surface area contributed by atoms with E-state index in [1.165, 1.54) is 18.2 Å². The lowest BCUT2D eigenvalue weighted by molar-refractivity contribution is 0.102. The Hall–Kier alpha value is -2.54. The van der Waals surface area contributed by atoms with Gasteiger partial charge in [0, 0.05) is 23.6 Å². The van der Waals surface area contributed by atoms with Crippen molar-refractivity contribution in [3.05, 3.63) is 48.0 Å². The van der Waals surface area contributed by atoms with Gasteiger partial charge in [0.05, 0.1) is 4.90 Å². The molecule has 1 aliphatic rings. The van der Waals surface area contributed by atoms with Crippen LogP contribution in [0.4, 0.5) is 5.69 Å². The largest absolute Gasteiger partial charge is 0.454 e. The van der Waals surface area contributed by atoms with E-state index in [4.69, 9.17) is 9.47 Å². The summed E-state index contributed by atoms with van der Waals surface area (Å²) in [7, 11) is -3.36. The second kappa shape index (κ2) is 5.34. The maximum Gasteiger partial charge on any atom is 0.255 e. The SMILES string of the molecule is CS(=O)(=O)c1cccc(C(=O)Nc2ccc3c(c2)OCO3)c1. The van der Waals surface area contributed by atoms with Crippen LogP contribution in [-0.2, 0) is 9.84 Å². The molecule has 114 valence electrons. The first kappa shape index (κ1) is 14.4. The van der Waals surface area contributed by atoms with Gasteiger partial charge in [-0.2, -0.15) is 0 Å². The lowest BCUT2D eigenvalue weighted by Gasteiger charge is -2.07. The van der Waals surface area contributed by atoms with E-state index in [1.54, 1.807) is 24.3 Å². The van der Waals surface area contributed by atoms with Crippen LogP contribution < -0.4 is 14.8 Å². The molecular formula is C15H13NO5S. The highest BCUT2D eigenvalue weighted by Gasteiger charge is 2.15. The summed E-state index contributed by atoms with van der Waals surface area (Å²) in [5.74, 6) is 0.782. The van der Waals surface area contributed by atoms with E-state index < -0.39 is 15.7 Å². The summed E-state index contributed by atoms with van der Waals surface area (Å²) in [5.41, 5.74) is 0.805. The van der Waals surface area contributed by atoms with Gasteiger partial charge in [-0.25, -0.2) is 8.42 Å². The van der Waals surface area contributed by atoms with E-state index in [0.29, 0.717) is 17.2 Å². The van der Waals surface area contributed by atoms with Gasteiger partial charge in [0.25, 0.3) is 5.91 Å². The van der Waals surface area contributed by atoms with Gasteiger partial charge in [-0.15, -0.1) is 0 Å². The minimum absolute atomic E-state index is 0.103. The maximum atomic E-state index is 12.2. The van der Waals surface area contributed by atoms with Gasteiger partial charge >= 0.3 is 0 Å². The van der Waals surface area contributed by atoms with Crippen molar-refractivity contribution in [1.29, 1.82) is 0 Å². The molecule has 0 aromatic heterocycles. The van der Waals surface area contributed by atoms with Gasteiger partial charge in [-0.05, 0) is 30.3 Å². The Morgan fingerprint density at radius 2 is 1.86 bits per heavy atom. The predicted molar refractivity (Wildman–Crippen MR) is 80.1 cm³/mol. The summed E-state index contributed by atoms with van der Waals surface area (Å²) in [6.07, 6.45) is 1.10. The van der Waals surface area contributed by atoms with Crippen LogP contribution in [0, 0.1) is 0 Å². The molecule has 1 N–H and O–H groups in total. The molecule has 0 aliphatic carbocycles. The topological polar surface area (TPSA) is 81.7 Å². The van der Waals surface area contributed by atoms with Gasteiger partial charge in [-0.3, -0.25) is 4.79 Å². The van der Waals surface area contributed by atoms with Crippen molar-refractivity contribution in [1.82, 2.24) is 0 Å². The fourth-order valence-electron chi connectivity index (χ4n) is 2.05. The van der Waals surface area contributed by atoms with Gasteiger partial charge in [0.1, 0.15) is 0 Å². The summed E-state index contributed by atoms with van der Waals surface area (Å²) in [4.78, 5) is 12.3. The van der Waals surface area contributed by atoms with Gasteiger partial charge in [-0.1, -0.05) is 6.07 Å². The number of carbonyl (C=O) groups is 1. The fourth-order valence-corrected chi connectivity index (χ4v) is 2.71. The summed E-state index contributed by atoms with van der Waals surface area (Å²) in [5, 5.41) is 2.70. The Bertz CT molecular complexity index is 845. The zero-order chi connectivity index (χ0) is 15.7. The molecule has 0 bridgehead atoms. The first-order chi connectivity index (χ1) is 10.4. The number of sulfone groups is 1. The van der Waals surface area contributed by atoms with E-state index in [2.05, 4.69) is 5.32 Å². The zero-order valence-corrected chi connectivity index (χ0v) is 12.5. The summed E-state index contributed by atoms with van der Waals surface area (Å²) >= 11 is 0. The third kappa shape index (κ3) is 2.89. The molecule has 0 fully saturated rings. The first-order valence-electron chi connectivity index (χ1n) is 6.44. The molecule has 0 spiro atoms. The number of hydrogen-bond acceptors (Lipinski definition) is 5. The quantitative estimate of drug-likeness (QED) is 0.936. The molecule has 3 rings (SSSR count). The number of carbonyl (C=O) groups excluding carboxylic acids is 1. The third-order valence-corrected chi connectivity index (χ3v) is 4.27. The highest BCUT2D eigenvalue weighted by atomic mass is 32.2. The van der Waals surface area contributed by atoms with E-state index in [-0.39, 0.29) is 17.3 Å². The van der Waals surface area contributed by atoms with Crippen LogP contribution in [0.25, 0.3) is 0 Å². The molecule has 1 heterocycles. The minimum Gasteiger partial charge on any atom is -0.454 e. The number of nitrogens with one attached hydrogen (secondary N) is 1. The van der Waals surface area contributed by atoms with E-state index in [1.807, 2.05) is 0 Å². The smallest absolute Gasteiger partial charge is 0.255 e. The number of fused-ring (bicyclic) bond motifs is 1. The van der Waals surface area contributed by atoms with Crippen molar-refractivity contribution >= 4 is 21.4 Å². The monoisotopic (exact) mass is 319 g/mol. The number of amides is 1. The molecule has 0 radical (unpaired) electrons. The van der Waals surface area contributed by atoms with E-state index in [0.717, 1.165) is 6.26 Å². The summed E-state index contributed by atoms with van der Waals surface area (Å²) < 4.78 is 33.5. The van der Waals surface area contributed by atoms with Crippen molar-refractivity contribution in [2.45, 2.75) is 4.90 Å². The molecule has 1 amide bonds. The minimum atomic E-state index is -3.36. The number of rotatable bonds is 3. The van der Waals surface area contributed by atoms with Gasteiger partial charge in [0.15, 0.2) is 21.3 Å². The Morgan fingerprint density at radius 3 is 2.64 bits per heavy atom. The van der Waals surface area contributed by atoms with Crippen LogP contribution in [-0.4, -0.2) is 27.4 Å². The zero-order valence-electron chi connectivity index (χ0n) is 11.7. The molecule has 0 unspecified atom stereocenters. The molecule has 0 saturated heterocycles. The standard InChI is InChI=1S/C15H13NO5S/c1-22(18,19)12-4-2-3-10(7-12)15(17)16-11-5-6-13-14(8-11)21-9-20-13/h2-8H,9H2,1H3,(H,16,17). The molecule has 6 nitrogen and oxygen atoms in total. The van der Waals surface area contributed by atoms with Crippen LogP contribution in [0.3, 0.4) is 0 Å². The summed E-state index contributed by atoms with van der Waals surface area (Å²) in [6.45, 7) is 0.156. The third-order valence-electron chi connectivity index (χ3n) is 3.15. The average molecular weight is 319 g/mol. The van der Waals surface area contributed by atoms with Crippen LogP contribution in [0.15, 0.2) is 47.4 Å². The van der Waals surface area contributed by atoms with E-state index >= 15 is 0 Å². The van der Waals surface area contributed by atoms with Crippen molar-refractivity contribution in [3.8, 4) is 11.5 Å².